The summed E-state index contributed by atoms with van der Waals surface area (Å²) in [6.07, 6.45) is 6.64. The monoisotopic (exact) mass is 549 g/mol. The van der Waals surface area contributed by atoms with Gasteiger partial charge >= 0.3 is 5.97 Å². The Morgan fingerprint density at radius 2 is 1.76 bits per heavy atom. The van der Waals surface area contributed by atoms with Crippen LogP contribution in [0.15, 0.2) is 60.8 Å². The fourth-order valence-electron chi connectivity index (χ4n) is 4.91. The number of hydrogen-bond donors (Lipinski definition) is 1. The molecule has 196 valence electrons. The van der Waals surface area contributed by atoms with E-state index in [2.05, 4.69) is 16.0 Å². The van der Waals surface area contributed by atoms with Crippen LogP contribution in [0.1, 0.15) is 27.0 Å². The Morgan fingerprint density at radius 3 is 2.42 bits per heavy atom. The maximum absolute atomic E-state index is 11.3. The first kappa shape index (κ1) is 27.2. The van der Waals surface area contributed by atoms with Crippen molar-refractivity contribution < 1.29 is 19.4 Å². The van der Waals surface area contributed by atoms with E-state index in [1.165, 1.54) is 11.1 Å². The molecule has 38 heavy (non-hydrogen) atoms. The molecular weight excluding hydrogens is 522 g/mol. The molecule has 0 amide bonds. The van der Waals surface area contributed by atoms with E-state index in [9.17, 15) is 9.90 Å². The highest BCUT2D eigenvalue weighted by Crippen LogP contribution is 2.35. The topological polar surface area (TPSA) is 76.8 Å². The number of aryl methyl sites for hydroxylation is 1. The summed E-state index contributed by atoms with van der Waals surface area (Å²) in [5.41, 5.74) is 6.35. The van der Waals surface area contributed by atoms with Gasteiger partial charge in [-0.15, -0.1) is 12.4 Å². The Labute approximate surface area is 232 Å². The number of aromatic carboxylic acids is 1. The van der Waals surface area contributed by atoms with Gasteiger partial charge in [-0.3, -0.25) is 0 Å². The van der Waals surface area contributed by atoms with Crippen molar-refractivity contribution >= 4 is 52.7 Å². The quantitative estimate of drug-likeness (QED) is 0.241. The minimum Gasteiger partial charge on any atom is -0.493 e. The zero-order valence-corrected chi connectivity index (χ0v) is 22.9. The van der Waals surface area contributed by atoms with Crippen LogP contribution in [-0.2, 0) is 20.0 Å². The summed E-state index contributed by atoms with van der Waals surface area (Å²) in [4.78, 5) is 18.8. The normalized spacial score (nSPS) is 12.8. The maximum Gasteiger partial charge on any atom is 0.335 e. The summed E-state index contributed by atoms with van der Waals surface area (Å²) in [6, 6.07) is 14.9. The van der Waals surface area contributed by atoms with Crippen LogP contribution in [-0.4, -0.2) is 51.3 Å². The van der Waals surface area contributed by atoms with Crippen molar-refractivity contribution in [2.45, 2.75) is 13.0 Å². The van der Waals surface area contributed by atoms with Gasteiger partial charge in [-0.25, -0.2) is 9.78 Å². The highest BCUT2D eigenvalue weighted by atomic mass is 35.5. The second kappa shape index (κ2) is 11.2. The Kier molecular flexibility index (Phi) is 8.04. The van der Waals surface area contributed by atoms with Gasteiger partial charge in [0.05, 0.1) is 25.5 Å². The zero-order valence-electron chi connectivity index (χ0n) is 21.3. The molecule has 1 aliphatic rings. The molecule has 0 radical (unpaired) electrons. The molecule has 0 aliphatic carbocycles. The second-order valence-corrected chi connectivity index (χ2v) is 9.32. The Balaban J connectivity index is 0.00000336. The van der Waals surface area contributed by atoms with E-state index in [1.54, 1.807) is 32.5 Å². The van der Waals surface area contributed by atoms with Crippen LogP contribution in [0.2, 0.25) is 0 Å². The molecule has 0 saturated heterocycles. The van der Waals surface area contributed by atoms with Gasteiger partial charge < -0.3 is 24.0 Å². The maximum atomic E-state index is 11.3. The van der Waals surface area contributed by atoms with Crippen molar-refractivity contribution in [3.63, 3.8) is 0 Å². The molecule has 0 atom stereocenters. The Hall–Kier alpha value is -3.88. The molecule has 3 heterocycles. The zero-order chi connectivity index (χ0) is 26.1. The molecule has 5 rings (SSSR count). The Morgan fingerprint density at radius 1 is 1.08 bits per heavy atom. The van der Waals surface area contributed by atoms with Gasteiger partial charge in [-0.05, 0) is 71.7 Å². The van der Waals surface area contributed by atoms with E-state index in [0.29, 0.717) is 12.3 Å². The summed E-state index contributed by atoms with van der Waals surface area (Å²) < 4.78 is 13.0. The minimum atomic E-state index is -0.949. The van der Waals surface area contributed by atoms with Crippen LogP contribution < -0.4 is 9.47 Å². The molecule has 1 aliphatic heterocycles. The first-order chi connectivity index (χ1) is 17.9. The number of carbonyl (C=O) groups is 1. The van der Waals surface area contributed by atoms with Crippen molar-refractivity contribution in [3.05, 3.63) is 83.1 Å². The van der Waals surface area contributed by atoms with E-state index >= 15 is 0 Å². The molecule has 2 aromatic carbocycles. The average molecular weight is 550 g/mol. The first-order valence-electron chi connectivity index (χ1n) is 11.9. The highest BCUT2D eigenvalue weighted by molar-refractivity contribution is 7.80. The molecule has 7 nitrogen and oxygen atoms in total. The predicted octanol–water partition coefficient (Wildman–Crippen LogP) is 5.78. The second-order valence-electron chi connectivity index (χ2n) is 8.90. The van der Waals surface area contributed by atoms with Crippen molar-refractivity contribution in [2.75, 3.05) is 20.8 Å². The van der Waals surface area contributed by atoms with Crippen molar-refractivity contribution in [1.29, 1.82) is 0 Å². The van der Waals surface area contributed by atoms with Gasteiger partial charge in [-0.1, -0.05) is 24.4 Å². The number of pyridine rings is 1. The number of carboxylic acids is 1. The first-order valence-corrected chi connectivity index (χ1v) is 12.3. The Bertz CT molecular complexity index is 1550. The number of nitrogens with zero attached hydrogens (tertiary/aromatic N) is 3. The number of aromatic nitrogens is 2. The molecule has 0 fully saturated rings. The average Bonchev–Trinajstić information content (AvgIpc) is 3.21. The number of thiocarbonyl (C=S) groups is 1. The lowest BCUT2D eigenvalue weighted by Crippen LogP contribution is -2.33. The molecule has 9 heteroatoms. The molecule has 0 spiro atoms. The van der Waals surface area contributed by atoms with Gasteiger partial charge in [0.25, 0.3) is 0 Å². The van der Waals surface area contributed by atoms with Crippen LogP contribution in [0.5, 0.6) is 11.5 Å². The summed E-state index contributed by atoms with van der Waals surface area (Å²) in [5.74, 6) is 0.506. The van der Waals surface area contributed by atoms with E-state index in [1.807, 2.05) is 54.1 Å². The molecule has 2 aromatic heterocycles. The van der Waals surface area contributed by atoms with Gasteiger partial charge in [0, 0.05) is 37.3 Å². The summed E-state index contributed by atoms with van der Waals surface area (Å²) in [7, 11) is 5.26. The molecule has 4 aromatic rings. The standard InChI is InChI=1S/C29H27N3O4S.ClH/c1-31-27(18-6-8-19(9-7-18)29(33)34)22(23-5-4-13-30-28(23)31)10-11-26(37)32-14-12-20-15-24(35-2)25(36-3)16-21(20)17-32;/h4-11,13,15-16H,12,14,17H2,1-3H3,(H,33,34);1H/b11-10+;. The molecule has 0 unspecified atom stereocenters. The largest absolute Gasteiger partial charge is 0.493 e. The number of fused-ring (bicyclic) bond motifs is 2. The van der Waals surface area contributed by atoms with E-state index < -0.39 is 5.97 Å². The molecule has 0 saturated carbocycles. The summed E-state index contributed by atoms with van der Waals surface area (Å²) in [6.45, 7) is 1.51. The molecule has 0 bridgehead atoms. The predicted molar refractivity (Wildman–Crippen MR) is 156 cm³/mol. The molecular formula is C29H28ClN3O4S. The number of benzene rings is 2. The lowest BCUT2D eigenvalue weighted by atomic mass is 9.98. The van der Waals surface area contributed by atoms with Gasteiger partial charge in [0.2, 0.25) is 0 Å². The molecule has 1 N–H and O–H groups in total. The lowest BCUT2D eigenvalue weighted by Gasteiger charge is -2.30. The summed E-state index contributed by atoms with van der Waals surface area (Å²) in [5, 5.41) is 10.3. The van der Waals surface area contributed by atoms with Crippen molar-refractivity contribution in [2.24, 2.45) is 7.05 Å². The lowest BCUT2D eigenvalue weighted by molar-refractivity contribution is 0.0697. The van der Waals surface area contributed by atoms with Gasteiger partial charge in [0.1, 0.15) is 10.6 Å². The third kappa shape index (κ3) is 4.97. The van der Waals surface area contributed by atoms with Crippen LogP contribution in [0.3, 0.4) is 0 Å². The van der Waals surface area contributed by atoms with Crippen LogP contribution in [0, 0.1) is 0 Å². The van der Waals surface area contributed by atoms with Crippen LogP contribution in [0.4, 0.5) is 0 Å². The highest BCUT2D eigenvalue weighted by Gasteiger charge is 2.21. The number of halogens is 1. The van der Waals surface area contributed by atoms with Crippen LogP contribution >= 0.6 is 24.6 Å². The van der Waals surface area contributed by atoms with Gasteiger partial charge in [-0.2, -0.15) is 0 Å². The van der Waals surface area contributed by atoms with E-state index in [-0.39, 0.29) is 18.0 Å². The third-order valence-corrected chi connectivity index (χ3v) is 7.21. The van der Waals surface area contributed by atoms with Crippen molar-refractivity contribution in [3.8, 4) is 22.8 Å². The fraction of sp³-hybridized carbons (Fsp3) is 0.207. The fourth-order valence-corrected chi connectivity index (χ4v) is 5.13. The number of rotatable bonds is 6. The van der Waals surface area contributed by atoms with E-state index in [0.717, 1.165) is 51.6 Å². The number of methoxy groups -OCH3 is 2. The van der Waals surface area contributed by atoms with Crippen LogP contribution in [0.25, 0.3) is 28.4 Å². The number of hydrogen-bond acceptors (Lipinski definition) is 5. The smallest absolute Gasteiger partial charge is 0.335 e. The van der Waals surface area contributed by atoms with Crippen molar-refractivity contribution in [1.82, 2.24) is 14.5 Å². The SMILES string of the molecule is COc1cc2c(cc1OC)CN(C(=S)/C=C/c1c(-c3ccc(C(=O)O)cc3)n(C)c3ncccc13)CC2.Cl. The number of ether oxygens (including phenoxy) is 2. The third-order valence-electron chi connectivity index (χ3n) is 6.81. The number of carboxylic acid groups (broad SMARTS) is 1. The minimum absolute atomic E-state index is 0. The van der Waals surface area contributed by atoms with Gasteiger partial charge in [0.15, 0.2) is 11.5 Å². The summed E-state index contributed by atoms with van der Waals surface area (Å²) >= 11 is 5.84. The van der Waals surface area contributed by atoms with E-state index in [4.69, 9.17) is 21.7 Å².